The van der Waals surface area contributed by atoms with Crippen molar-refractivity contribution in [1.29, 1.82) is 0 Å². The number of hydrogen-bond acceptors (Lipinski definition) is 4. The maximum atomic E-state index is 6.03. The average Bonchev–Trinajstić information content (AvgIpc) is 2.58. The molecular formula is C18H23N3O. The van der Waals surface area contributed by atoms with Crippen molar-refractivity contribution in [3.63, 3.8) is 0 Å². The molecule has 1 saturated heterocycles. The van der Waals surface area contributed by atoms with E-state index in [0.29, 0.717) is 6.61 Å². The number of piperazine rings is 1. The molecule has 1 fully saturated rings. The van der Waals surface area contributed by atoms with Gasteiger partial charge < -0.3 is 9.64 Å². The van der Waals surface area contributed by atoms with Crippen LogP contribution in [0.4, 0.5) is 0 Å². The van der Waals surface area contributed by atoms with E-state index in [1.54, 1.807) is 0 Å². The van der Waals surface area contributed by atoms with Crippen LogP contribution in [0.25, 0.3) is 11.3 Å². The Labute approximate surface area is 132 Å². The Morgan fingerprint density at radius 1 is 1.00 bits per heavy atom. The van der Waals surface area contributed by atoms with Crippen LogP contribution in [-0.4, -0.2) is 61.2 Å². The minimum Gasteiger partial charge on any atom is -0.492 e. The number of ether oxygens (including phenoxy) is 1. The summed E-state index contributed by atoms with van der Waals surface area (Å²) in [4.78, 5) is 9.25. The SMILES string of the molecule is CN1CCN(CCOc2ccccc2-c2ccccn2)CC1. The van der Waals surface area contributed by atoms with Gasteiger partial charge in [-0.1, -0.05) is 18.2 Å². The van der Waals surface area contributed by atoms with E-state index in [4.69, 9.17) is 4.74 Å². The van der Waals surface area contributed by atoms with E-state index in [2.05, 4.69) is 27.9 Å². The highest BCUT2D eigenvalue weighted by molar-refractivity contribution is 5.66. The van der Waals surface area contributed by atoms with Crippen LogP contribution in [0.15, 0.2) is 48.7 Å². The van der Waals surface area contributed by atoms with E-state index >= 15 is 0 Å². The van der Waals surface area contributed by atoms with Crippen molar-refractivity contribution in [3.05, 3.63) is 48.7 Å². The molecule has 1 aromatic carbocycles. The first-order valence-corrected chi connectivity index (χ1v) is 7.87. The average molecular weight is 297 g/mol. The van der Waals surface area contributed by atoms with Gasteiger partial charge in [-0.25, -0.2) is 0 Å². The summed E-state index contributed by atoms with van der Waals surface area (Å²) in [6.45, 7) is 6.23. The zero-order valence-corrected chi connectivity index (χ0v) is 13.1. The zero-order valence-electron chi connectivity index (χ0n) is 13.1. The molecule has 1 aliphatic rings. The van der Waals surface area contributed by atoms with Crippen molar-refractivity contribution < 1.29 is 4.74 Å². The molecule has 0 unspecified atom stereocenters. The van der Waals surface area contributed by atoms with Crippen LogP contribution in [0.5, 0.6) is 5.75 Å². The molecule has 0 spiro atoms. The van der Waals surface area contributed by atoms with E-state index in [-0.39, 0.29) is 0 Å². The van der Waals surface area contributed by atoms with Gasteiger partial charge in [0.05, 0.1) is 5.69 Å². The zero-order chi connectivity index (χ0) is 15.2. The first-order valence-electron chi connectivity index (χ1n) is 7.87. The van der Waals surface area contributed by atoms with Gasteiger partial charge >= 0.3 is 0 Å². The van der Waals surface area contributed by atoms with Gasteiger partial charge in [0, 0.05) is 44.5 Å². The molecule has 22 heavy (non-hydrogen) atoms. The van der Waals surface area contributed by atoms with E-state index in [9.17, 15) is 0 Å². The Hall–Kier alpha value is -1.91. The minimum atomic E-state index is 0.716. The van der Waals surface area contributed by atoms with Crippen molar-refractivity contribution in [2.75, 3.05) is 46.4 Å². The largest absolute Gasteiger partial charge is 0.492 e. The molecule has 0 bridgehead atoms. The Morgan fingerprint density at radius 2 is 1.77 bits per heavy atom. The van der Waals surface area contributed by atoms with Crippen LogP contribution in [0.3, 0.4) is 0 Å². The fraction of sp³-hybridized carbons (Fsp3) is 0.389. The minimum absolute atomic E-state index is 0.716. The molecule has 2 aromatic rings. The van der Waals surface area contributed by atoms with Gasteiger partial charge in [-0.2, -0.15) is 0 Å². The Bertz CT molecular complexity index is 580. The molecule has 0 amide bonds. The normalized spacial score (nSPS) is 16.6. The van der Waals surface area contributed by atoms with Crippen molar-refractivity contribution in [1.82, 2.24) is 14.8 Å². The second kappa shape index (κ2) is 7.38. The molecule has 0 radical (unpaired) electrons. The first-order chi connectivity index (χ1) is 10.8. The maximum Gasteiger partial charge on any atom is 0.128 e. The summed E-state index contributed by atoms with van der Waals surface area (Å²) < 4.78 is 6.03. The molecule has 2 heterocycles. The summed E-state index contributed by atoms with van der Waals surface area (Å²) in [7, 11) is 2.18. The predicted molar refractivity (Wildman–Crippen MR) is 89.1 cm³/mol. The fourth-order valence-electron chi connectivity index (χ4n) is 2.68. The second-order valence-electron chi connectivity index (χ2n) is 5.70. The smallest absolute Gasteiger partial charge is 0.128 e. The van der Waals surface area contributed by atoms with Crippen molar-refractivity contribution in [2.45, 2.75) is 0 Å². The molecule has 0 N–H and O–H groups in total. The van der Waals surface area contributed by atoms with Crippen LogP contribution >= 0.6 is 0 Å². The van der Waals surface area contributed by atoms with Gasteiger partial charge in [-0.3, -0.25) is 9.88 Å². The topological polar surface area (TPSA) is 28.6 Å². The van der Waals surface area contributed by atoms with Crippen molar-refractivity contribution >= 4 is 0 Å². The number of pyridine rings is 1. The lowest BCUT2D eigenvalue weighted by Crippen LogP contribution is -2.45. The van der Waals surface area contributed by atoms with Gasteiger partial charge in [0.2, 0.25) is 0 Å². The lowest BCUT2D eigenvalue weighted by molar-refractivity contribution is 0.134. The van der Waals surface area contributed by atoms with E-state index in [1.165, 1.54) is 0 Å². The van der Waals surface area contributed by atoms with Crippen LogP contribution in [0, 0.1) is 0 Å². The fourth-order valence-corrected chi connectivity index (χ4v) is 2.68. The summed E-state index contributed by atoms with van der Waals surface area (Å²) in [5, 5.41) is 0. The molecule has 3 rings (SSSR count). The lowest BCUT2D eigenvalue weighted by Gasteiger charge is -2.32. The van der Waals surface area contributed by atoms with Gasteiger partial charge in [-0.15, -0.1) is 0 Å². The monoisotopic (exact) mass is 297 g/mol. The molecule has 4 nitrogen and oxygen atoms in total. The Balaban J connectivity index is 1.59. The number of para-hydroxylation sites is 1. The summed E-state index contributed by atoms with van der Waals surface area (Å²) >= 11 is 0. The molecule has 1 aliphatic heterocycles. The van der Waals surface area contributed by atoms with Crippen LogP contribution in [0.1, 0.15) is 0 Å². The van der Waals surface area contributed by atoms with Crippen LogP contribution in [-0.2, 0) is 0 Å². The number of likely N-dealkylation sites (N-methyl/N-ethyl adjacent to an activating group) is 1. The van der Waals surface area contributed by atoms with Gasteiger partial charge in [0.1, 0.15) is 12.4 Å². The van der Waals surface area contributed by atoms with Crippen LogP contribution < -0.4 is 4.74 Å². The lowest BCUT2D eigenvalue weighted by atomic mass is 10.1. The highest BCUT2D eigenvalue weighted by Crippen LogP contribution is 2.27. The van der Waals surface area contributed by atoms with Gasteiger partial charge in [-0.05, 0) is 31.3 Å². The molecular weight excluding hydrogens is 274 g/mol. The standard InChI is InChI=1S/C18H23N3O/c1-20-10-12-21(13-11-20)14-15-22-18-8-3-2-6-16(18)17-7-4-5-9-19-17/h2-9H,10-15H2,1H3. The van der Waals surface area contributed by atoms with E-state index in [0.717, 1.165) is 49.7 Å². The quantitative estimate of drug-likeness (QED) is 0.847. The second-order valence-corrected chi connectivity index (χ2v) is 5.70. The third-order valence-corrected chi connectivity index (χ3v) is 4.09. The highest BCUT2D eigenvalue weighted by atomic mass is 16.5. The molecule has 1 aromatic heterocycles. The van der Waals surface area contributed by atoms with Crippen molar-refractivity contribution in [2.24, 2.45) is 0 Å². The van der Waals surface area contributed by atoms with Gasteiger partial charge in [0.15, 0.2) is 0 Å². The number of nitrogens with zero attached hydrogens (tertiary/aromatic N) is 3. The van der Waals surface area contributed by atoms with E-state index in [1.807, 2.05) is 42.6 Å². The predicted octanol–water partition coefficient (Wildman–Crippen LogP) is 2.37. The summed E-state index contributed by atoms with van der Waals surface area (Å²) in [5.41, 5.74) is 2.01. The summed E-state index contributed by atoms with van der Waals surface area (Å²) in [6, 6.07) is 14.1. The third-order valence-electron chi connectivity index (χ3n) is 4.09. The first kappa shape index (κ1) is 15.0. The van der Waals surface area contributed by atoms with Gasteiger partial charge in [0.25, 0.3) is 0 Å². The summed E-state index contributed by atoms with van der Waals surface area (Å²) in [5.74, 6) is 0.912. The third kappa shape index (κ3) is 3.84. The number of aromatic nitrogens is 1. The van der Waals surface area contributed by atoms with Crippen molar-refractivity contribution in [3.8, 4) is 17.0 Å². The summed E-state index contributed by atoms with van der Waals surface area (Å²) in [6.07, 6.45) is 1.82. The van der Waals surface area contributed by atoms with E-state index < -0.39 is 0 Å². The number of rotatable bonds is 5. The molecule has 0 saturated carbocycles. The molecule has 0 atom stereocenters. The highest BCUT2D eigenvalue weighted by Gasteiger charge is 2.13. The Morgan fingerprint density at radius 3 is 2.55 bits per heavy atom. The number of benzene rings is 1. The maximum absolute atomic E-state index is 6.03. The molecule has 4 heteroatoms. The Kier molecular flexibility index (Phi) is 5.03. The molecule has 116 valence electrons. The van der Waals surface area contributed by atoms with Crippen LogP contribution in [0.2, 0.25) is 0 Å². The number of hydrogen-bond donors (Lipinski definition) is 0. The molecule has 0 aliphatic carbocycles.